The Bertz CT molecular complexity index is 1550. The molecule has 0 atom stereocenters. The van der Waals surface area contributed by atoms with Gasteiger partial charge in [-0.05, 0) is 62.6 Å². The fraction of sp³-hybridized carbons (Fsp3) is 0.179. The highest BCUT2D eigenvalue weighted by atomic mass is 35.5. The zero-order chi connectivity index (χ0) is 26.3. The molecule has 9 heteroatoms. The minimum Gasteiger partial charge on any atom is -0.354 e. The Balaban J connectivity index is 1.56. The zero-order valence-corrected chi connectivity index (χ0v) is 21.8. The van der Waals surface area contributed by atoms with Gasteiger partial charge in [-0.1, -0.05) is 23.7 Å². The number of imidazole rings is 1. The molecule has 0 aliphatic carbocycles. The molecule has 1 aromatic heterocycles. The lowest BCUT2D eigenvalue weighted by Crippen LogP contribution is -2.34. The summed E-state index contributed by atoms with van der Waals surface area (Å²) < 4.78 is 1.95. The van der Waals surface area contributed by atoms with Crippen molar-refractivity contribution in [1.29, 1.82) is 0 Å². The lowest BCUT2D eigenvalue weighted by Gasteiger charge is -2.20. The number of benzene rings is 3. The molecule has 2 N–H and O–H groups in total. The molecule has 8 nitrogen and oxygen atoms in total. The quantitative estimate of drug-likeness (QED) is 0.365. The fourth-order valence-electron chi connectivity index (χ4n) is 4.40. The number of hydrogen-bond acceptors (Lipinski definition) is 5. The number of hydrogen-bond donors (Lipinski definition) is 2. The van der Waals surface area contributed by atoms with E-state index in [-0.39, 0.29) is 11.8 Å². The number of likely N-dealkylation sites (N-methyl/N-ethyl adjacent to an activating group) is 2. The Morgan fingerprint density at radius 3 is 2.54 bits per heavy atom. The average molecular weight is 515 g/mol. The number of anilines is 3. The van der Waals surface area contributed by atoms with Crippen LogP contribution < -0.4 is 15.5 Å². The number of amides is 2. The lowest BCUT2D eigenvalue weighted by atomic mass is 9.99. The first kappa shape index (κ1) is 24.5. The summed E-state index contributed by atoms with van der Waals surface area (Å²) in [4.78, 5) is 33.6. The third-order valence-corrected chi connectivity index (χ3v) is 6.57. The third kappa shape index (κ3) is 4.81. The van der Waals surface area contributed by atoms with E-state index >= 15 is 0 Å². The smallest absolute Gasteiger partial charge is 0.258 e. The third-order valence-electron chi connectivity index (χ3n) is 6.34. The van der Waals surface area contributed by atoms with Crippen LogP contribution in [0.2, 0.25) is 5.02 Å². The van der Waals surface area contributed by atoms with Gasteiger partial charge in [-0.25, -0.2) is 4.98 Å². The van der Waals surface area contributed by atoms with E-state index in [1.165, 1.54) is 0 Å². The Labute approximate surface area is 220 Å². The first-order chi connectivity index (χ1) is 17.7. The molecule has 0 saturated heterocycles. The first-order valence-electron chi connectivity index (χ1n) is 11.8. The first-order valence-corrected chi connectivity index (χ1v) is 12.1. The van der Waals surface area contributed by atoms with Crippen LogP contribution in [0.4, 0.5) is 17.1 Å². The van der Waals surface area contributed by atoms with Crippen molar-refractivity contribution in [2.45, 2.75) is 0 Å². The van der Waals surface area contributed by atoms with E-state index in [1.54, 1.807) is 30.4 Å². The van der Waals surface area contributed by atoms with Gasteiger partial charge in [0.1, 0.15) is 0 Å². The summed E-state index contributed by atoms with van der Waals surface area (Å²) in [7, 11) is 7.43. The van der Waals surface area contributed by atoms with Gasteiger partial charge in [-0.2, -0.15) is 0 Å². The fourth-order valence-corrected chi connectivity index (χ4v) is 4.57. The molecule has 5 rings (SSSR count). The zero-order valence-electron chi connectivity index (χ0n) is 21.0. The highest BCUT2D eigenvalue weighted by Crippen LogP contribution is 2.39. The predicted octanol–water partition coefficient (Wildman–Crippen LogP) is 4.68. The summed E-state index contributed by atoms with van der Waals surface area (Å²) in [6.07, 6.45) is 1.76. The van der Waals surface area contributed by atoms with Crippen molar-refractivity contribution in [3.05, 3.63) is 83.1 Å². The number of carbonyl (C=O) groups excluding carboxylic acids is 2. The number of nitrogens with zero attached hydrogens (tertiary/aromatic N) is 4. The number of aromatic nitrogens is 2. The molecule has 3 aromatic carbocycles. The van der Waals surface area contributed by atoms with E-state index in [2.05, 4.69) is 15.6 Å². The predicted molar refractivity (Wildman–Crippen MR) is 150 cm³/mol. The van der Waals surface area contributed by atoms with Crippen LogP contribution in [-0.4, -0.2) is 54.0 Å². The topological polar surface area (TPSA) is 82.5 Å². The Morgan fingerprint density at radius 1 is 1.05 bits per heavy atom. The van der Waals surface area contributed by atoms with Gasteiger partial charge in [-0.3, -0.25) is 9.59 Å². The maximum absolute atomic E-state index is 13.2. The van der Waals surface area contributed by atoms with Crippen molar-refractivity contribution in [2.75, 3.05) is 43.2 Å². The Morgan fingerprint density at radius 2 is 1.81 bits per heavy atom. The molecule has 0 spiro atoms. The minimum atomic E-state index is -0.216. The van der Waals surface area contributed by atoms with Crippen LogP contribution in [0.1, 0.15) is 11.1 Å². The SMILES string of the molecule is CN(C)CC(=O)N(C)c1ccc(N/C(=C2\C(=O)Nc3cc(Cl)ccc32)c2ccc3c(c2)ncn3C)cc1. The molecule has 0 radical (unpaired) electrons. The second-order valence-electron chi connectivity index (χ2n) is 9.32. The highest BCUT2D eigenvalue weighted by molar-refractivity contribution is 6.38. The molecule has 0 saturated carbocycles. The minimum absolute atomic E-state index is 0.00456. The van der Waals surface area contributed by atoms with Gasteiger partial charge in [-0.15, -0.1) is 0 Å². The molecule has 2 heterocycles. The standard InChI is InChI=1S/C28H27ClN6O2/c1-33(2)15-25(36)35(4)20-9-7-19(8-10-20)31-27(17-5-12-24-23(13-17)30-16-34(24)3)26-21-11-6-18(29)14-22(21)32-28(26)37/h5-14,16,31H,15H2,1-4H3,(H,32,37)/b27-26-. The lowest BCUT2D eigenvalue weighted by molar-refractivity contribution is -0.119. The van der Waals surface area contributed by atoms with Gasteiger partial charge in [0.15, 0.2) is 0 Å². The van der Waals surface area contributed by atoms with Crippen molar-refractivity contribution >= 4 is 62.8 Å². The van der Waals surface area contributed by atoms with E-state index < -0.39 is 0 Å². The number of halogens is 1. The van der Waals surface area contributed by atoms with E-state index in [1.807, 2.05) is 79.1 Å². The molecule has 1 aliphatic heterocycles. The van der Waals surface area contributed by atoms with Crippen LogP contribution in [0, 0.1) is 0 Å². The Kier molecular flexibility index (Phi) is 6.45. The second kappa shape index (κ2) is 9.72. The average Bonchev–Trinajstić information content (AvgIpc) is 3.40. The number of nitrogens with one attached hydrogen (secondary N) is 2. The largest absolute Gasteiger partial charge is 0.354 e. The molecule has 0 bridgehead atoms. The number of carbonyl (C=O) groups is 2. The monoisotopic (exact) mass is 514 g/mol. The molecule has 1 aliphatic rings. The van der Waals surface area contributed by atoms with Crippen molar-refractivity contribution in [3.8, 4) is 0 Å². The van der Waals surface area contributed by atoms with Gasteiger partial charge in [0.05, 0.1) is 40.9 Å². The molecule has 2 amide bonds. The summed E-state index contributed by atoms with van der Waals surface area (Å²) in [5, 5.41) is 6.94. The molecule has 0 unspecified atom stereocenters. The van der Waals surface area contributed by atoms with Gasteiger partial charge < -0.3 is 25.0 Å². The maximum Gasteiger partial charge on any atom is 0.258 e. The van der Waals surface area contributed by atoms with E-state index in [4.69, 9.17) is 11.6 Å². The van der Waals surface area contributed by atoms with Crippen molar-refractivity contribution < 1.29 is 9.59 Å². The van der Waals surface area contributed by atoms with Crippen LogP contribution >= 0.6 is 11.6 Å². The molecule has 188 valence electrons. The number of rotatable bonds is 6. The van der Waals surface area contributed by atoms with Crippen LogP contribution in [0.5, 0.6) is 0 Å². The van der Waals surface area contributed by atoms with Crippen LogP contribution in [0.15, 0.2) is 67.0 Å². The molecule has 0 fully saturated rings. The van der Waals surface area contributed by atoms with Gasteiger partial charge in [0.25, 0.3) is 5.91 Å². The number of fused-ring (bicyclic) bond motifs is 2. The molecular weight excluding hydrogens is 488 g/mol. The second-order valence-corrected chi connectivity index (χ2v) is 9.75. The van der Waals surface area contributed by atoms with Gasteiger partial charge >= 0.3 is 0 Å². The highest BCUT2D eigenvalue weighted by Gasteiger charge is 2.29. The van der Waals surface area contributed by atoms with Crippen LogP contribution in [0.25, 0.3) is 22.3 Å². The van der Waals surface area contributed by atoms with Gasteiger partial charge in [0.2, 0.25) is 5.91 Å². The summed E-state index contributed by atoms with van der Waals surface area (Å²) in [6.45, 7) is 0.321. The van der Waals surface area contributed by atoms with E-state index in [0.717, 1.165) is 33.5 Å². The normalized spacial score (nSPS) is 14.1. The van der Waals surface area contributed by atoms with Crippen molar-refractivity contribution in [1.82, 2.24) is 14.5 Å². The van der Waals surface area contributed by atoms with Crippen molar-refractivity contribution in [3.63, 3.8) is 0 Å². The number of aryl methyl sites for hydroxylation is 1. The molecule has 37 heavy (non-hydrogen) atoms. The van der Waals surface area contributed by atoms with Gasteiger partial charge in [0, 0.05) is 41.6 Å². The van der Waals surface area contributed by atoms with E-state index in [9.17, 15) is 9.59 Å². The van der Waals surface area contributed by atoms with E-state index in [0.29, 0.717) is 28.5 Å². The summed E-state index contributed by atoms with van der Waals surface area (Å²) in [5.74, 6) is -0.221. The summed E-state index contributed by atoms with van der Waals surface area (Å²) >= 11 is 6.18. The molecular formula is C28H27ClN6O2. The van der Waals surface area contributed by atoms with Crippen molar-refractivity contribution in [2.24, 2.45) is 7.05 Å². The summed E-state index contributed by atoms with van der Waals surface area (Å²) in [5.41, 5.74) is 6.79. The molecule has 4 aromatic rings. The van der Waals surface area contributed by atoms with Crippen LogP contribution in [-0.2, 0) is 16.6 Å². The Hall–Kier alpha value is -4.14. The maximum atomic E-state index is 13.2. The van der Waals surface area contributed by atoms with Crippen LogP contribution in [0.3, 0.4) is 0 Å². The summed E-state index contributed by atoms with van der Waals surface area (Å²) in [6, 6.07) is 18.8.